The molecule has 7 heteroatoms. The van der Waals surface area contributed by atoms with Crippen molar-refractivity contribution in [3.05, 3.63) is 47.9 Å². The van der Waals surface area contributed by atoms with Gasteiger partial charge in [0.05, 0.1) is 6.54 Å². The van der Waals surface area contributed by atoms with Gasteiger partial charge >= 0.3 is 0 Å². The highest BCUT2D eigenvalue weighted by atomic mass is 16.5. The van der Waals surface area contributed by atoms with E-state index < -0.39 is 0 Å². The fraction of sp³-hybridized carbons (Fsp3) is 0.524. The minimum Gasteiger partial charge on any atom is -0.420 e. The summed E-state index contributed by atoms with van der Waals surface area (Å²) < 4.78 is 11.4. The summed E-state index contributed by atoms with van der Waals surface area (Å²) in [5.41, 5.74) is 1.32. The van der Waals surface area contributed by atoms with Crippen LogP contribution in [0.25, 0.3) is 11.5 Å². The minimum absolute atomic E-state index is 0.338. The molecule has 6 rings (SSSR count). The monoisotopic (exact) mass is 377 g/mol. The van der Waals surface area contributed by atoms with Crippen molar-refractivity contribution in [2.45, 2.75) is 50.5 Å². The molecule has 0 bridgehead atoms. The van der Waals surface area contributed by atoms with Gasteiger partial charge in [-0.15, -0.1) is 10.2 Å². The summed E-state index contributed by atoms with van der Waals surface area (Å²) in [5, 5.41) is 12.7. The summed E-state index contributed by atoms with van der Waals surface area (Å²) >= 11 is 0. The quantitative estimate of drug-likeness (QED) is 0.669. The molecular formula is C21H23N5O2. The number of nitrogens with zero attached hydrogens (tertiary/aromatic N) is 5. The van der Waals surface area contributed by atoms with Crippen molar-refractivity contribution in [3.63, 3.8) is 0 Å². The summed E-state index contributed by atoms with van der Waals surface area (Å²) in [6.07, 6.45) is 5.88. The molecule has 2 saturated carbocycles. The third-order valence-corrected chi connectivity index (χ3v) is 6.59. The van der Waals surface area contributed by atoms with Gasteiger partial charge in [-0.1, -0.05) is 23.4 Å². The molecule has 0 amide bonds. The predicted molar refractivity (Wildman–Crippen MR) is 100 cm³/mol. The summed E-state index contributed by atoms with van der Waals surface area (Å²) in [5.74, 6) is 4.04. The second-order valence-electron chi connectivity index (χ2n) is 8.53. The molecule has 2 aliphatic carbocycles. The molecule has 0 N–H and O–H groups in total. The van der Waals surface area contributed by atoms with Crippen molar-refractivity contribution in [1.29, 1.82) is 0 Å². The highest BCUT2D eigenvalue weighted by Gasteiger charge is 2.58. The first-order chi connectivity index (χ1) is 13.8. The highest BCUT2D eigenvalue weighted by Crippen LogP contribution is 2.64. The molecule has 3 aliphatic rings. The first kappa shape index (κ1) is 16.4. The summed E-state index contributed by atoms with van der Waals surface area (Å²) in [7, 11) is 0. The second kappa shape index (κ2) is 6.24. The van der Waals surface area contributed by atoms with E-state index in [0.29, 0.717) is 23.1 Å². The molecule has 2 aromatic heterocycles. The van der Waals surface area contributed by atoms with Crippen LogP contribution in [0.5, 0.6) is 0 Å². The largest absolute Gasteiger partial charge is 0.420 e. The van der Waals surface area contributed by atoms with E-state index in [0.717, 1.165) is 62.1 Å². The number of aromatic nitrogens is 4. The van der Waals surface area contributed by atoms with Crippen LogP contribution in [0.2, 0.25) is 0 Å². The molecule has 3 heterocycles. The Balaban J connectivity index is 1.07. The molecule has 1 aliphatic heterocycles. The maximum absolute atomic E-state index is 6.01. The van der Waals surface area contributed by atoms with E-state index in [-0.39, 0.29) is 0 Å². The molecule has 1 unspecified atom stereocenters. The predicted octanol–water partition coefficient (Wildman–Crippen LogP) is 3.77. The average molecular weight is 377 g/mol. The van der Waals surface area contributed by atoms with Gasteiger partial charge in [-0.05, 0) is 62.7 Å². The molecule has 1 spiro atoms. The van der Waals surface area contributed by atoms with Gasteiger partial charge in [0.1, 0.15) is 0 Å². The van der Waals surface area contributed by atoms with Crippen LogP contribution in [0.4, 0.5) is 0 Å². The molecule has 3 aromatic rings. The van der Waals surface area contributed by atoms with Crippen LogP contribution in [0.1, 0.15) is 61.5 Å². The van der Waals surface area contributed by atoms with Crippen LogP contribution >= 0.6 is 0 Å². The third kappa shape index (κ3) is 2.94. The van der Waals surface area contributed by atoms with Gasteiger partial charge in [0.15, 0.2) is 5.82 Å². The summed E-state index contributed by atoms with van der Waals surface area (Å²) in [6.45, 7) is 2.87. The number of piperidine rings is 1. The second-order valence-corrected chi connectivity index (χ2v) is 8.53. The number of rotatable bonds is 5. The van der Waals surface area contributed by atoms with Crippen molar-refractivity contribution in [1.82, 2.24) is 25.2 Å². The molecule has 28 heavy (non-hydrogen) atoms. The van der Waals surface area contributed by atoms with E-state index in [9.17, 15) is 0 Å². The zero-order valence-corrected chi connectivity index (χ0v) is 15.8. The molecule has 144 valence electrons. The van der Waals surface area contributed by atoms with Crippen LogP contribution in [0, 0.1) is 5.41 Å². The lowest BCUT2D eigenvalue weighted by molar-refractivity contribution is 0.144. The Kier molecular flexibility index (Phi) is 3.66. The summed E-state index contributed by atoms with van der Waals surface area (Å²) in [6, 6.07) is 9.98. The van der Waals surface area contributed by atoms with Crippen LogP contribution < -0.4 is 0 Å². The molecule has 0 radical (unpaired) electrons. The first-order valence-electron chi connectivity index (χ1n) is 10.2. The van der Waals surface area contributed by atoms with Crippen molar-refractivity contribution in [2.24, 2.45) is 5.41 Å². The fourth-order valence-corrected chi connectivity index (χ4v) is 4.51. The van der Waals surface area contributed by atoms with Gasteiger partial charge < -0.3 is 8.94 Å². The number of hydrogen-bond donors (Lipinski definition) is 0. The lowest BCUT2D eigenvalue weighted by Gasteiger charge is -2.31. The standard InChI is InChI=1S/C21H23N5O2/c1-2-4-15(5-3-1)19-23-24-20(27-19)16-12-21(16)8-10-26(11-9-21)13-17-22-18(25-28-17)14-6-7-14/h1-5,14,16H,6-13H2. The van der Waals surface area contributed by atoms with Gasteiger partial charge in [0.25, 0.3) is 0 Å². The minimum atomic E-state index is 0.338. The van der Waals surface area contributed by atoms with Crippen molar-refractivity contribution in [2.75, 3.05) is 13.1 Å². The Hall–Kier alpha value is -2.54. The van der Waals surface area contributed by atoms with Gasteiger partial charge in [-0.3, -0.25) is 4.90 Å². The van der Waals surface area contributed by atoms with Crippen molar-refractivity contribution >= 4 is 0 Å². The van der Waals surface area contributed by atoms with Gasteiger partial charge in [-0.25, -0.2) is 0 Å². The Labute approximate surface area is 163 Å². The molecular weight excluding hydrogens is 354 g/mol. The van der Waals surface area contributed by atoms with Gasteiger partial charge in [0.2, 0.25) is 17.7 Å². The summed E-state index contributed by atoms with van der Waals surface area (Å²) in [4.78, 5) is 6.98. The molecule has 1 saturated heterocycles. The zero-order chi connectivity index (χ0) is 18.6. The van der Waals surface area contributed by atoms with Crippen LogP contribution in [0.15, 0.2) is 39.3 Å². The number of benzene rings is 1. The number of likely N-dealkylation sites (tertiary alicyclic amines) is 1. The van der Waals surface area contributed by atoms with E-state index in [1.807, 2.05) is 30.3 Å². The van der Waals surface area contributed by atoms with E-state index in [1.165, 1.54) is 12.8 Å². The molecule has 1 atom stereocenters. The first-order valence-corrected chi connectivity index (χ1v) is 10.2. The maximum Gasteiger partial charge on any atom is 0.247 e. The smallest absolute Gasteiger partial charge is 0.247 e. The Bertz CT molecular complexity index is 970. The Morgan fingerprint density at radius 2 is 1.89 bits per heavy atom. The van der Waals surface area contributed by atoms with E-state index in [1.54, 1.807) is 0 Å². The SMILES string of the molecule is c1ccc(-c2nnc(C3CC34CCN(Cc3nc(C5CC5)no3)CC4)o2)cc1. The lowest BCUT2D eigenvalue weighted by atomic mass is 9.91. The lowest BCUT2D eigenvalue weighted by Crippen LogP contribution is -2.34. The van der Waals surface area contributed by atoms with Gasteiger partial charge in [0, 0.05) is 17.4 Å². The highest BCUT2D eigenvalue weighted by molar-refractivity contribution is 5.51. The van der Waals surface area contributed by atoms with Gasteiger partial charge in [-0.2, -0.15) is 4.98 Å². The van der Waals surface area contributed by atoms with Crippen LogP contribution in [0.3, 0.4) is 0 Å². The van der Waals surface area contributed by atoms with E-state index >= 15 is 0 Å². The molecule has 1 aromatic carbocycles. The molecule has 7 nitrogen and oxygen atoms in total. The normalized spacial score (nSPS) is 23.9. The van der Waals surface area contributed by atoms with E-state index in [2.05, 4.69) is 25.2 Å². The Morgan fingerprint density at radius 1 is 1.07 bits per heavy atom. The van der Waals surface area contributed by atoms with E-state index in [4.69, 9.17) is 8.94 Å². The third-order valence-electron chi connectivity index (χ3n) is 6.59. The Morgan fingerprint density at radius 3 is 2.68 bits per heavy atom. The average Bonchev–Trinajstić information content (AvgIpc) is 3.59. The maximum atomic E-state index is 6.01. The van der Waals surface area contributed by atoms with Crippen LogP contribution in [-0.2, 0) is 6.54 Å². The van der Waals surface area contributed by atoms with Crippen molar-refractivity contribution < 1.29 is 8.94 Å². The molecule has 3 fully saturated rings. The topological polar surface area (TPSA) is 81.1 Å². The number of hydrogen-bond acceptors (Lipinski definition) is 7. The van der Waals surface area contributed by atoms with Crippen molar-refractivity contribution in [3.8, 4) is 11.5 Å². The van der Waals surface area contributed by atoms with Crippen LogP contribution in [-0.4, -0.2) is 38.3 Å². The fourth-order valence-electron chi connectivity index (χ4n) is 4.51. The zero-order valence-electron chi connectivity index (χ0n) is 15.8.